The molecule has 3 nitrogen and oxygen atoms in total. The summed E-state index contributed by atoms with van der Waals surface area (Å²) < 4.78 is 26.6. The topological polar surface area (TPSA) is 41.1 Å². The predicted molar refractivity (Wildman–Crippen MR) is 112 cm³/mol. The Bertz CT molecular complexity index is 1000. The first-order chi connectivity index (χ1) is 14.0. The van der Waals surface area contributed by atoms with E-state index in [1.165, 1.54) is 23.8 Å². The van der Waals surface area contributed by atoms with Gasteiger partial charge in [-0.15, -0.1) is 0 Å². The summed E-state index contributed by atoms with van der Waals surface area (Å²) in [5.74, 6) is -1.72. The van der Waals surface area contributed by atoms with Crippen molar-refractivity contribution in [1.82, 2.24) is 5.32 Å². The molecule has 0 bridgehead atoms. The number of anilines is 1. The fourth-order valence-corrected chi connectivity index (χ4v) is 2.86. The molecule has 0 unspecified atom stereocenters. The molecule has 0 aliphatic carbocycles. The molecule has 0 spiro atoms. The summed E-state index contributed by atoms with van der Waals surface area (Å²) >= 11 is 0. The van der Waals surface area contributed by atoms with Crippen LogP contribution in [0.3, 0.4) is 0 Å². The van der Waals surface area contributed by atoms with Crippen molar-refractivity contribution < 1.29 is 13.6 Å². The monoisotopic (exact) mass is 392 g/mol. The van der Waals surface area contributed by atoms with Crippen molar-refractivity contribution in [3.8, 4) is 0 Å². The number of carbonyl (C=O) groups is 1. The van der Waals surface area contributed by atoms with E-state index >= 15 is 0 Å². The fraction of sp³-hybridized carbons (Fsp3) is 0.125. The smallest absolute Gasteiger partial charge is 0.244 e. The van der Waals surface area contributed by atoms with Crippen LogP contribution >= 0.6 is 0 Å². The number of nitrogens with one attached hydrogen (secondary N) is 2. The van der Waals surface area contributed by atoms with Crippen LogP contribution in [0.15, 0.2) is 78.9 Å². The molecule has 1 atom stereocenters. The molecule has 3 aromatic carbocycles. The number of benzene rings is 3. The standard InChI is InChI=1S/C24H22F2N2O/c1-17(28-24(29)13-11-19-10-12-21(25)15-23(19)26)20-8-5-9-22(14-20)27-16-18-6-3-2-4-7-18/h2-15,17,27H,16H2,1H3,(H,28,29)/b13-11-/t17-/m0/s1. The maximum atomic E-state index is 13.6. The zero-order valence-electron chi connectivity index (χ0n) is 16.0. The Kier molecular flexibility index (Phi) is 6.74. The third-order valence-corrected chi connectivity index (χ3v) is 4.46. The second-order valence-electron chi connectivity index (χ2n) is 6.69. The molecular formula is C24H22F2N2O. The van der Waals surface area contributed by atoms with Crippen molar-refractivity contribution in [3.63, 3.8) is 0 Å². The second kappa shape index (κ2) is 9.64. The number of amides is 1. The highest BCUT2D eigenvalue weighted by Crippen LogP contribution is 2.18. The summed E-state index contributed by atoms with van der Waals surface area (Å²) in [5.41, 5.74) is 3.23. The van der Waals surface area contributed by atoms with Gasteiger partial charge in [-0.25, -0.2) is 8.78 Å². The van der Waals surface area contributed by atoms with Gasteiger partial charge in [0, 0.05) is 29.9 Å². The van der Waals surface area contributed by atoms with E-state index in [2.05, 4.69) is 22.8 Å². The van der Waals surface area contributed by atoms with E-state index in [9.17, 15) is 13.6 Å². The molecule has 29 heavy (non-hydrogen) atoms. The van der Waals surface area contributed by atoms with E-state index < -0.39 is 11.6 Å². The van der Waals surface area contributed by atoms with Crippen molar-refractivity contribution in [2.24, 2.45) is 0 Å². The zero-order valence-corrected chi connectivity index (χ0v) is 16.0. The zero-order chi connectivity index (χ0) is 20.6. The van der Waals surface area contributed by atoms with Crippen LogP contribution in [0.25, 0.3) is 6.08 Å². The van der Waals surface area contributed by atoms with Crippen LogP contribution in [0.5, 0.6) is 0 Å². The molecule has 0 heterocycles. The first-order valence-corrected chi connectivity index (χ1v) is 9.32. The molecular weight excluding hydrogens is 370 g/mol. The van der Waals surface area contributed by atoms with Gasteiger partial charge in [-0.05, 0) is 48.4 Å². The summed E-state index contributed by atoms with van der Waals surface area (Å²) in [7, 11) is 0. The molecule has 0 aromatic heterocycles. The van der Waals surface area contributed by atoms with Gasteiger partial charge in [0.05, 0.1) is 6.04 Å². The minimum absolute atomic E-state index is 0.154. The molecule has 0 aliphatic rings. The predicted octanol–water partition coefficient (Wildman–Crippen LogP) is 5.47. The molecule has 2 N–H and O–H groups in total. The quantitative estimate of drug-likeness (QED) is 0.524. The molecule has 0 saturated heterocycles. The van der Waals surface area contributed by atoms with E-state index in [0.29, 0.717) is 6.54 Å². The minimum atomic E-state index is -0.709. The van der Waals surface area contributed by atoms with Crippen molar-refractivity contribution in [3.05, 3.63) is 107 Å². The Morgan fingerprint density at radius 1 is 1.00 bits per heavy atom. The van der Waals surface area contributed by atoms with Crippen molar-refractivity contribution in [1.29, 1.82) is 0 Å². The number of hydrogen-bond donors (Lipinski definition) is 2. The molecule has 0 radical (unpaired) electrons. The lowest BCUT2D eigenvalue weighted by Crippen LogP contribution is -2.24. The Morgan fingerprint density at radius 3 is 2.55 bits per heavy atom. The van der Waals surface area contributed by atoms with E-state index in [1.807, 2.05) is 49.4 Å². The van der Waals surface area contributed by atoms with Gasteiger partial charge in [-0.1, -0.05) is 42.5 Å². The van der Waals surface area contributed by atoms with Crippen LogP contribution in [-0.2, 0) is 11.3 Å². The van der Waals surface area contributed by atoms with Gasteiger partial charge in [-0.3, -0.25) is 4.79 Å². The average molecular weight is 392 g/mol. The van der Waals surface area contributed by atoms with E-state index in [4.69, 9.17) is 0 Å². The summed E-state index contributed by atoms with van der Waals surface area (Å²) in [4.78, 5) is 12.2. The average Bonchev–Trinajstić information content (AvgIpc) is 2.72. The first-order valence-electron chi connectivity index (χ1n) is 9.32. The van der Waals surface area contributed by atoms with Gasteiger partial charge < -0.3 is 10.6 Å². The third kappa shape index (κ3) is 6.01. The summed E-state index contributed by atoms with van der Waals surface area (Å²) in [6, 6.07) is 20.9. The number of rotatable bonds is 7. The van der Waals surface area contributed by atoms with Gasteiger partial charge in [0.2, 0.25) is 5.91 Å². The van der Waals surface area contributed by atoms with Crippen molar-refractivity contribution >= 4 is 17.7 Å². The van der Waals surface area contributed by atoms with E-state index in [1.54, 1.807) is 0 Å². The summed E-state index contributed by atoms with van der Waals surface area (Å²) in [5, 5.41) is 6.22. The number of carbonyl (C=O) groups excluding carboxylic acids is 1. The molecule has 0 saturated carbocycles. The van der Waals surface area contributed by atoms with Crippen molar-refractivity contribution in [2.75, 3.05) is 5.32 Å². The summed E-state index contributed by atoms with van der Waals surface area (Å²) in [6.07, 6.45) is 2.57. The molecule has 148 valence electrons. The SMILES string of the molecule is C[C@H](NC(=O)/C=C\c1ccc(F)cc1F)c1cccc(NCc2ccccc2)c1. The van der Waals surface area contributed by atoms with E-state index in [-0.39, 0.29) is 17.5 Å². The normalized spacial score (nSPS) is 12.0. The van der Waals surface area contributed by atoms with Gasteiger partial charge in [0.25, 0.3) is 0 Å². The van der Waals surface area contributed by atoms with Crippen LogP contribution < -0.4 is 10.6 Å². The van der Waals surface area contributed by atoms with Gasteiger partial charge in [0.1, 0.15) is 11.6 Å². The highest BCUT2D eigenvalue weighted by Gasteiger charge is 2.09. The van der Waals surface area contributed by atoms with Crippen LogP contribution in [0.2, 0.25) is 0 Å². The number of halogens is 2. The molecule has 0 aliphatic heterocycles. The van der Waals surface area contributed by atoms with Gasteiger partial charge >= 0.3 is 0 Å². The Labute approximate surface area is 169 Å². The Balaban J connectivity index is 1.59. The lowest BCUT2D eigenvalue weighted by Gasteiger charge is -2.15. The lowest BCUT2D eigenvalue weighted by atomic mass is 10.1. The van der Waals surface area contributed by atoms with Crippen LogP contribution in [0, 0.1) is 11.6 Å². The molecule has 0 fully saturated rings. The Hall–Kier alpha value is -3.47. The van der Waals surface area contributed by atoms with Crippen LogP contribution in [-0.4, -0.2) is 5.91 Å². The third-order valence-electron chi connectivity index (χ3n) is 4.46. The van der Waals surface area contributed by atoms with Crippen LogP contribution in [0.1, 0.15) is 29.7 Å². The highest BCUT2D eigenvalue weighted by molar-refractivity contribution is 5.92. The summed E-state index contributed by atoms with van der Waals surface area (Å²) in [6.45, 7) is 2.58. The van der Waals surface area contributed by atoms with E-state index in [0.717, 1.165) is 23.4 Å². The molecule has 5 heteroatoms. The minimum Gasteiger partial charge on any atom is -0.381 e. The molecule has 3 aromatic rings. The van der Waals surface area contributed by atoms with Gasteiger partial charge in [-0.2, -0.15) is 0 Å². The Morgan fingerprint density at radius 2 is 1.79 bits per heavy atom. The lowest BCUT2D eigenvalue weighted by molar-refractivity contribution is -0.117. The molecule has 1 amide bonds. The maximum absolute atomic E-state index is 13.6. The van der Waals surface area contributed by atoms with Gasteiger partial charge in [0.15, 0.2) is 0 Å². The largest absolute Gasteiger partial charge is 0.381 e. The number of hydrogen-bond acceptors (Lipinski definition) is 2. The van der Waals surface area contributed by atoms with Crippen LogP contribution in [0.4, 0.5) is 14.5 Å². The second-order valence-corrected chi connectivity index (χ2v) is 6.69. The maximum Gasteiger partial charge on any atom is 0.244 e. The highest BCUT2D eigenvalue weighted by atomic mass is 19.1. The molecule has 3 rings (SSSR count). The first kappa shape index (κ1) is 20.3. The van der Waals surface area contributed by atoms with Crippen molar-refractivity contribution in [2.45, 2.75) is 19.5 Å². The fourth-order valence-electron chi connectivity index (χ4n) is 2.86.